The molecule has 0 fully saturated rings. The van der Waals surface area contributed by atoms with Gasteiger partial charge < -0.3 is 15.2 Å². The predicted molar refractivity (Wildman–Crippen MR) is 67.9 cm³/mol. The van der Waals surface area contributed by atoms with Crippen molar-refractivity contribution >= 4 is 0 Å². The van der Waals surface area contributed by atoms with Crippen LogP contribution in [0.1, 0.15) is 24.5 Å². The van der Waals surface area contributed by atoms with Crippen LogP contribution in [0, 0.1) is 6.92 Å². The zero-order valence-electron chi connectivity index (χ0n) is 10.9. The molecule has 17 heavy (non-hydrogen) atoms. The van der Waals surface area contributed by atoms with Crippen LogP contribution < -0.4 is 5.32 Å². The maximum atomic E-state index is 10.4. The molecule has 1 atom stereocenters. The normalized spacial score (nSPS) is 14.6. The Labute approximate surface area is 103 Å². The number of nitrogens with zero attached hydrogens (tertiary/aromatic N) is 1. The van der Waals surface area contributed by atoms with Gasteiger partial charge in [0.2, 0.25) is 0 Å². The lowest BCUT2D eigenvalue weighted by Gasteiger charge is -2.25. The maximum Gasteiger partial charge on any atom is 0.0898 e. The predicted octanol–water partition coefficient (Wildman–Crippen LogP) is 1.22. The summed E-state index contributed by atoms with van der Waals surface area (Å²) >= 11 is 0. The second-order valence-electron chi connectivity index (χ2n) is 4.46. The van der Waals surface area contributed by atoms with Gasteiger partial charge in [0.05, 0.1) is 12.2 Å². The molecule has 1 unspecified atom stereocenters. The van der Waals surface area contributed by atoms with E-state index in [0.717, 1.165) is 24.2 Å². The molecule has 0 saturated carbocycles. The fourth-order valence-corrected chi connectivity index (χ4v) is 1.79. The summed E-state index contributed by atoms with van der Waals surface area (Å²) in [7, 11) is 1.68. The summed E-state index contributed by atoms with van der Waals surface area (Å²) in [5.41, 5.74) is 1.13. The van der Waals surface area contributed by atoms with Crippen LogP contribution in [-0.2, 0) is 10.3 Å². The summed E-state index contributed by atoms with van der Waals surface area (Å²) in [6.45, 7) is 6.07. The standard InChI is InChI=1S/C13H22N2O2/c1-11-4-6-15-10-12(11)13(2,16)5-7-14-8-9-17-3/h4,6,10,14,16H,5,7-9H2,1-3H3. The lowest BCUT2D eigenvalue weighted by Crippen LogP contribution is -2.30. The fourth-order valence-electron chi connectivity index (χ4n) is 1.79. The molecule has 2 N–H and O–H groups in total. The van der Waals surface area contributed by atoms with Gasteiger partial charge in [-0.2, -0.15) is 0 Å². The van der Waals surface area contributed by atoms with Crippen LogP contribution in [0.3, 0.4) is 0 Å². The average Bonchev–Trinajstić information content (AvgIpc) is 2.29. The number of aromatic nitrogens is 1. The lowest BCUT2D eigenvalue weighted by atomic mass is 9.91. The van der Waals surface area contributed by atoms with Gasteiger partial charge in [-0.15, -0.1) is 0 Å². The van der Waals surface area contributed by atoms with Gasteiger partial charge in [-0.1, -0.05) is 0 Å². The highest BCUT2D eigenvalue weighted by atomic mass is 16.5. The molecular formula is C13H22N2O2. The van der Waals surface area contributed by atoms with Crippen LogP contribution in [0.4, 0.5) is 0 Å². The van der Waals surface area contributed by atoms with E-state index in [0.29, 0.717) is 13.0 Å². The molecule has 1 heterocycles. The fraction of sp³-hybridized carbons (Fsp3) is 0.615. The SMILES string of the molecule is COCCNCCC(C)(O)c1cnccc1C. The highest BCUT2D eigenvalue weighted by molar-refractivity contribution is 5.27. The number of ether oxygens (including phenoxy) is 1. The van der Waals surface area contributed by atoms with E-state index in [-0.39, 0.29) is 0 Å². The Morgan fingerprint density at radius 3 is 2.88 bits per heavy atom. The Morgan fingerprint density at radius 2 is 2.24 bits per heavy atom. The van der Waals surface area contributed by atoms with Gasteiger partial charge in [-0.25, -0.2) is 0 Å². The Bertz CT molecular complexity index is 340. The number of aliphatic hydroxyl groups is 1. The summed E-state index contributed by atoms with van der Waals surface area (Å²) in [5, 5.41) is 13.6. The minimum Gasteiger partial charge on any atom is -0.385 e. The minimum atomic E-state index is -0.835. The first-order valence-corrected chi connectivity index (χ1v) is 5.91. The Morgan fingerprint density at radius 1 is 1.47 bits per heavy atom. The smallest absolute Gasteiger partial charge is 0.0898 e. The Hall–Kier alpha value is -0.970. The van der Waals surface area contributed by atoms with E-state index in [1.807, 2.05) is 19.9 Å². The van der Waals surface area contributed by atoms with E-state index in [4.69, 9.17) is 4.74 Å². The van der Waals surface area contributed by atoms with Gasteiger partial charge in [0, 0.05) is 31.6 Å². The monoisotopic (exact) mass is 238 g/mol. The summed E-state index contributed by atoms with van der Waals surface area (Å²) in [6.07, 6.45) is 4.14. The molecule has 1 aromatic heterocycles. The molecule has 0 aliphatic rings. The highest BCUT2D eigenvalue weighted by Crippen LogP contribution is 2.25. The van der Waals surface area contributed by atoms with E-state index in [1.54, 1.807) is 19.5 Å². The van der Waals surface area contributed by atoms with E-state index in [9.17, 15) is 5.11 Å². The first kappa shape index (κ1) is 14.1. The van der Waals surface area contributed by atoms with E-state index >= 15 is 0 Å². The number of methoxy groups -OCH3 is 1. The van der Waals surface area contributed by atoms with Crippen molar-refractivity contribution in [2.75, 3.05) is 26.8 Å². The second-order valence-corrected chi connectivity index (χ2v) is 4.46. The van der Waals surface area contributed by atoms with E-state index in [1.165, 1.54) is 0 Å². The third-order valence-corrected chi connectivity index (χ3v) is 2.89. The molecule has 0 spiro atoms. The first-order chi connectivity index (χ1) is 8.08. The molecule has 4 nitrogen and oxygen atoms in total. The minimum absolute atomic E-state index is 0.656. The largest absolute Gasteiger partial charge is 0.385 e. The topological polar surface area (TPSA) is 54.4 Å². The van der Waals surface area contributed by atoms with Gasteiger partial charge in [-0.3, -0.25) is 4.98 Å². The molecule has 4 heteroatoms. The quantitative estimate of drug-likeness (QED) is 0.701. The molecule has 0 saturated heterocycles. The van der Waals surface area contributed by atoms with Crippen molar-refractivity contribution in [1.29, 1.82) is 0 Å². The summed E-state index contributed by atoms with van der Waals surface area (Å²) < 4.78 is 4.94. The zero-order valence-corrected chi connectivity index (χ0v) is 10.9. The van der Waals surface area contributed by atoms with Crippen LogP contribution in [0.15, 0.2) is 18.5 Å². The van der Waals surface area contributed by atoms with Gasteiger partial charge in [0.15, 0.2) is 0 Å². The molecule has 0 aliphatic heterocycles. The lowest BCUT2D eigenvalue weighted by molar-refractivity contribution is 0.0465. The molecular weight excluding hydrogens is 216 g/mol. The molecule has 0 aromatic carbocycles. The molecule has 1 aromatic rings. The van der Waals surface area contributed by atoms with Gasteiger partial charge >= 0.3 is 0 Å². The van der Waals surface area contributed by atoms with Crippen molar-refractivity contribution in [3.05, 3.63) is 29.6 Å². The van der Waals surface area contributed by atoms with Crippen LogP contribution in [0.2, 0.25) is 0 Å². The third-order valence-electron chi connectivity index (χ3n) is 2.89. The van der Waals surface area contributed by atoms with Crippen molar-refractivity contribution in [2.24, 2.45) is 0 Å². The number of pyridine rings is 1. The maximum absolute atomic E-state index is 10.4. The van der Waals surface area contributed by atoms with E-state index in [2.05, 4.69) is 10.3 Å². The van der Waals surface area contributed by atoms with Crippen LogP contribution >= 0.6 is 0 Å². The van der Waals surface area contributed by atoms with Gasteiger partial charge in [0.25, 0.3) is 0 Å². The van der Waals surface area contributed by atoms with Crippen molar-refractivity contribution < 1.29 is 9.84 Å². The second kappa shape index (κ2) is 6.69. The van der Waals surface area contributed by atoms with Crippen molar-refractivity contribution in [3.63, 3.8) is 0 Å². The zero-order chi connectivity index (χ0) is 12.7. The van der Waals surface area contributed by atoms with E-state index < -0.39 is 5.60 Å². The Balaban J connectivity index is 2.48. The molecule has 1 rings (SSSR count). The number of rotatable bonds is 7. The number of aryl methyl sites for hydroxylation is 1. The van der Waals surface area contributed by atoms with Crippen molar-refractivity contribution in [1.82, 2.24) is 10.3 Å². The van der Waals surface area contributed by atoms with Crippen molar-refractivity contribution in [2.45, 2.75) is 25.9 Å². The van der Waals surface area contributed by atoms with Gasteiger partial charge in [0.1, 0.15) is 0 Å². The summed E-state index contributed by atoms with van der Waals surface area (Å²) in [5.74, 6) is 0. The first-order valence-electron chi connectivity index (χ1n) is 5.91. The number of hydrogen-bond acceptors (Lipinski definition) is 4. The molecule has 0 bridgehead atoms. The Kier molecular flexibility index (Phi) is 5.55. The van der Waals surface area contributed by atoms with Crippen LogP contribution in [0.25, 0.3) is 0 Å². The molecule has 96 valence electrons. The third kappa shape index (κ3) is 4.42. The number of hydrogen-bond donors (Lipinski definition) is 2. The highest BCUT2D eigenvalue weighted by Gasteiger charge is 2.24. The van der Waals surface area contributed by atoms with Crippen molar-refractivity contribution in [3.8, 4) is 0 Å². The molecule has 0 aliphatic carbocycles. The van der Waals surface area contributed by atoms with Crippen LogP contribution in [0.5, 0.6) is 0 Å². The number of nitrogens with one attached hydrogen (secondary N) is 1. The summed E-state index contributed by atoms with van der Waals surface area (Å²) in [4.78, 5) is 4.07. The van der Waals surface area contributed by atoms with Crippen LogP contribution in [-0.4, -0.2) is 36.9 Å². The van der Waals surface area contributed by atoms with Gasteiger partial charge in [-0.05, 0) is 38.4 Å². The summed E-state index contributed by atoms with van der Waals surface area (Å²) in [6, 6.07) is 1.92. The average molecular weight is 238 g/mol. The molecule has 0 radical (unpaired) electrons. The molecule has 0 amide bonds.